The van der Waals surface area contributed by atoms with Crippen molar-refractivity contribution in [2.75, 3.05) is 13.1 Å². The normalized spacial score (nSPS) is 21.4. The Kier molecular flexibility index (Phi) is 2.89. The largest absolute Gasteiger partial charge is 0.372 e. The topological polar surface area (TPSA) is 53.5 Å². The number of amides is 1. The van der Waals surface area contributed by atoms with Crippen molar-refractivity contribution in [3.63, 3.8) is 0 Å². The first-order chi connectivity index (χ1) is 5.29. The summed E-state index contributed by atoms with van der Waals surface area (Å²) in [4.78, 5) is 14.5. The van der Waals surface area contributed by atoms with Crippen molar-refractivity contribution in [3.05, 3.63) is 0 Å². The molecule has 0 saturated carbocycles. The number of hydrogen-bond acceptors (Lipinski definition) is 3. The minimum absolute atomic E-state index is 0.0314. The molecule has 62 valence electrons. The molecule has 0 bridgehead atoms. The second kappa shape index (κ2) is 3.95. The molecule has 1 aliphatic rings. The average Bonchev–Trinajstić information content (AvgIpc) is 2.39. The summed E-state index contributed by atoms with van der Waals surface area (Å²) in [6.07, 6.45) is 2.66. The van der Waals surface area contributed by atoms with Crippen molar-refractivity contribution in [1.29, 1.82) is 0 Å². The van der Waals surface area contributed by atoms with Gasteiger partial charge in [0.15, 0.2) is 0 Å². The lowest BCUT2D eigenvalue weighted by atomic mass is 10.2. The molecule has 0 aromatic rings. The zero-order valence-corrected chi connectivity index (χ0v) is 6.63. The van der Waals surface area contributed by atoms with Crippen molar-refractivity contribution >= 4 is 12.2 Å². The lowest BCUT2D eigenvalue weighted by molar-refractivity contribution is -0.118. The summed E-state index contributed by atoms with van der Waals surface area (Å²) in [7, 11) is 0. The molecule has 1 rings (SSSR count). The molecule has 0 aliphatic carbocycles. The van der Waals surface area contributed by atoms with Crippen LogP contribution in [0.5, 0.6) is 0 Å². The number of carbonyl (C=O) groups excluding carboxylic acids is 1. The fourth-order valence-electron chi connectivity index (χ4n) is 0.988. The molecule has 4 heteroatoms. The first-order valence-corrected chi connectivity index (χ1v) is 3.78. The highest BCUT2D eigenvalue weighted by molar-refractivity contribution is 5.72. The van der Waals surface area contributed by atoms with E-state index in [9.17, 15) is 4.79 Å². The highest BCUT2D eigenvalue weighted by Crippen LogP contribution is 1.94. The molecule has 0 aromatic carbocycles. The maximum absolute atomic E-state index is 10.5. The smallest absolute Gasteiger partial charge is 0.216 e. The Morgan fingerprint density at radius 2 is 2.73 bits per heavy atom. The van der Waals surface area contributed by atoms with Crippen LogP contribution in [0.15, 0.2) is 4.99 Å². The Labute approximate surface area is 66.1 Å². The Hall–Kier alpha value is -1.06. The Balaban J connectivity index is 1.99. The van der Waals surface area contributed by atoms with Crippen LogP contribution in [0, 0.1) is 0 Å². The summed E-state index contributed by atoms with van der Waals surface area (Å²) in [5.74, 6) is 0.0314. The van der Waals surface area contributed by atoms with Crippen LogP contribution in [0.4, 0.5) is 0 Å². The van der Waals surface area contributed by atoms with Gasteiger partial charge in [0.05, 0.1) is 12.9 Å². The molecule has 0 spiro atoms. The van der Waals surface area contributed by atoms with Crippen LogP contribution in [-0.4, -0.2) is 31.4 Å². The van der Waals surface area contributed by atoms with E-state index in [1.807, 2.05) is 0 Å². The standard InChI is InChI=1S/C7H13N3O/c1-6(11)9-3-2-7-4-8-5-10-7/h5,7H,2-4H2,1H3,(H,8,10)(H,9,11). The quantitative estimate of drug-likeness (QED) is 0.578. The van der Waals surface area contributed by atoms with E-state index in [4.69, 9.17) is 0 Å². The molecule has 1 aliphatic heterocycles. The highest BCUT2D eigenvalue weighted by Gasteiger charge is 2.08. The molecule has 1 atom stereocenters. The second-order valence-corrected chi connectivity index (χ2v) is 2.63. The minimum Gasteiger partial charge on any atom is -0.372 e. The molecule has 2 N–H and O–H groups in total. The van der Waals surface area contributed by atoms with E-state index in [0.29, 0.717) is 6.04 Å². The van der Waals surface area contributed by atoms with Crippen LogP contribution in [-0.2, 0) is 4.79 Å². The van der Waals surface area contributed by atoms with Gasteiger partial charge >= 0.3 is 0 Å². The van der Waals surface area contributed by atoms with Gasteiger partial charge in [0, 0.05) is 19.5 Å². The molecule has 11 heavy (non-hydrogen) atoms. The van der Waals surface area contributed by atoms with Gasteiger partial charge in [-0.2, -0.15) is 0 Å². The molecule has 1 amide bonds. The molecular formula is C7H13N3O. The van der Waals surface area contributed by atoms with Crippen molar-refractivity contribution in [3.8, 4) is 0 Å². The van der Waals surface area contributed by atoms with Crippen molar-refractivity contribution in [2.24, 2.45) is 4.99 Å². The van der Waals surface area contributed by atoms with Gasteiger partial charge in [-0.25, -0.2) is 0 Å². The van der Waals surface area contributed by atoms with Crippen molar-refractivity contribution < 1.29 is 4.79 Å². The lowest BCUT2D eigenvalue weighted by Crippen LogP contribution is -2.31. The summed E-state index contributed by atoms with van der Waals surface area (Å²) in [5.41, 5.74) is 0. The number of hydrogen-bond donors (Lipinski definition) is 2. The van der Waals surface area contributed by atoms with Gasteiger partial charge < -0.3 is 10.6 Å². The average molecular weight is 155 g/mol. The fourth-order valence-corrected chi connectivity index (χ4v) is 0.988. The third-order valence-corrected chi connectivity index (χ3v) is 1.59. The van der Waals surface area contributed by atoms with Crippen LogP contribution < -0.4 is 10.6 Å². The Morgan fingerprint density at radius 1 is 1.91 bits per heavy atom. The van der Waals surface area contributed by atoms with E-state index >= 15 is 0 Å². The summed E-state index contributed by atoms with van der Waals surface area (Å²) in [5, 5.41) is 5.83. The monoisotopic (exact) mass is 155 g/mol. The first-order valence-electron chi connectivity index (χ1n) is 3.78. The van der Waals surface area contributed by atoms with E-state index in [-0.39, 0.29) is 5.91 Å². The summed E-state index contributed by atoms with van der Waals surface area (Å²) in [6, 6.07) is 0.418. The van der Waals surface area contributed by atoms with Gasteiger partial charge in [-0.3, -0.25) is 9.79 Å². The lowest BCUT2D eigenvalue weighted by Gasteiger charge is -2.08. The SMILES string of the molecule is CC(=O)NCCC1CN=CN1. The number of carbonyl (C=O) groups is 1. The molecule has 1 heterocycles. The van der Waals surface area contributed by atoms with Gasteiger partial charge in [0.1, 0.15) is 0 Å². The van der Waals surface area contributed by atoms with Gasteiger partial charge in [0.25, 0.3) is 0 Å². The second-order valence-electron chi connectivity index (χ2n) is 2.63. The van der Waals surface area contributed by atoms with E-state index in [1.165, 1.54) is 6.92 Å². The Morgan fingerprint density at radius 3 is 3.27 bits per heavy atom. The predicted molar refractivity (Wildman–Crippen MR) is 43.6 cm³/mol. The van der Waals surface area contributed by atoms with Gasteiger partial charge in [0.2, 0.25) is 5.91 Å². The summed E-state index contributed by atoms with van der Waals surface area (Å²) >= 11 is 0. The third kappa shape index (κ3) is 3.02. The highest BCUT2D eigenvalue weighted by atomic mass is 16.1. The van der Waals surface area contributed by atoms with Crippen LogP contribution >= 0.6 is 0 Å². The van der Waals surface area contributed by atoms with Crippen LogP contribution in [0.25, 0.3) is 0 Å². The molecule has 4 nitrogen and oxygen atoms in total. The van der Waals surface area contributed by atoms with Gasteiger partial charge in [-0.15, -0.1) is 0 Å². The van der Waals surface area contributed by atoms with Crippen LogP contribution in [0.3, 0.4) is 0 Å². The van der Waals surface area contributed by atoms with E-state index in [0.717, 1.165) is 19.5 Å². The van der Waals surface area contributed by atoms with Crippen LogP contribution in [0.1, 0.15) is 13.3 Å². The third-order valence-electron chi connectivity index (χ3n) is 1.59. The molecule has 0 saturated heterocycles. The zero-order chi connectivity index (χ0) is 8.10. The first kappa shape index (κ1) is 8.04. The molecule has 0 radical (unpaired) electrons. The summed E-state index contributed by atoms with van der Waals surface area (Å²) < 4.78 is 0. The van der Waals surface area contributed by atoms with E-state index < -0.39 is 0 Å². The van der Waals surface area contributed by atoms with E-state index in [2.05, 4.69) is 15.6 Å². The number of rotatable bonds is 3. The van der Waals surface area contributed by atoms with Crippen molar-refractivity contribution in [1.82, 2.24) is 10.6 Å². The fraction of sp³-hybridized carbons (Fsp3) is 0.714. The minimum atomic E-state index is 0.0314. The van der Waals surface area contributed by atoms with Crippen LogP contribution in [0.2, 0.25) is 0 Å². The zero-order valence-electron chi connectivity index (χ0n) is 6.63. The molecule has 1 unspecified atom stereocenters. The number of nitrogens with zero attached hydrogens (tertiary/aromatic N) is 1. The van der Waals surface area contributed by atoms with Crippen molar-refractivity contribution in [2.45, 2.75) is 19.4 Å². The number of aliphatic imine (C=N–C) groups is 1. The molecule has 0 aromatic heterocycles. The maximum atomic E-state index is 10.5. The van der Waals surface area contributed by atoms with E-state index in [1.54, 1.807) is 6.34 Å². The maximum Gasteiger partial charge on any atom is 0.216 e. The summed E-state index contributed by atoms with van der Waals surface area (Å²) in [6.45, 7) is 3.09. The van der Waals surface area contributed by atoms with Gasteiger partial charge in [-0.1, -0.05) is 0 Å². The number of nitrogens with one attached hydrogen (secondary N) is 2. The molecule has 0 fully saturated rings. The molecular weight excluding hydrogens is 142 g/mol. The Bertz CT molecular complexity index is 159. The predicted octanol–water partition coefficient (Wildman–Crippen LogP) is -0.487. The van der Waals surface area contributed by atoms with Gasteiger partial charge in [-0.05, 0) is 6.42 Å².